The van der Waals surface area contributed by atoms with Crippen molar-refractivity contribution in [3.05, 3.63) is 0 Å². The van der Waals surface area contributed by atoms with Crippen LogP contribution in [-0.4, -0.2) is 86.2 Å². The third-order valence-corrected chi connectivity index (χ3v) is 5.64. The highest BCUT2D eigenvalue weighted by atomic mass is 33.1. The van der Waals surface area contributed by atoms with Crippen molar-refractivity contribution in [1.29, 1.82) is 0 Å². The first-order valence-corrected chi connectivity index (χ1v) is 12.2. The first-order valence-electron chi connectivity index (χ1n) is 9.67. The summed E-state index contributed by atoms with van der Waals surface area (Å²) in [6.45, 7) is 7.36. The maximum absolute atomic E-state index is 11.9. The van der Waals surface area contributed by atoms with E-state index in [2.05, 4.69) is 16.0 Å². The second-order valence-electron chi connectivity index (χ2n) is 7.70. The minimum absolute atomic E-state index is 0.0168. The number of alkyl carbamates (subject to hydrolysis) is 1. The molecule has 0 bridgehead atoms. The monoisotopic (exact) mass is 451 g/mol. The zero-order valence-electron chi connectivity index (χ0n) is 18.2. The van der Waals surface area contributed by atoms with E-state index in [1.165, 1.54) is 0 Å². The molecule has 1 unspecified atom stereocenters. The van der Waals surface area contributed by atoms with Crippen molar-refractivity contribution < 1.29 is 19.1 Å². The largest absolute Gasteiger partial charge is 0.444 e. The molecule has 0 spiro atoms. The molecule has 1 atom stereocenters. The smallest absolute Gasteiger partial charge is 0.407 e. The number of hydrogen-bond acceptors (Lipinski definition) is 8. The van der Waals surface area contributed by atoms with E-state index in [0.717, 1.165) is 11.5 Å². The first kappa shape index (κ1) is 27.8. The summed E-state index contributed by atoms with van der Waals surface area (Å²) in [5.41, 5.74) is 5.34. The van der Waals surface area contributed by atoms with Crippen LogP contribution in [0.2, 0.25) is 0 Å². The molecule has 170 valence electrons. The second-order valence-corrected chi connectivity index (χ2v) is 10.4. The van der Waals surface area contributed by atoms with Crippen LogP contribution in [0.3, 0.4) is 0 Å². The third kappa shape index (κ3) is 18.6. The van der Waals surface area contributed by atoms with Gasteiger partial charge in [-0.3, -0.25) is 9.59 Å². The molecular formula is C18H37N5O4S2. The molecule has 11 heteroatoms. The Morgan fingerprint density at radius 3 is 2.14 bits per heavy atom. The van der Waals surface area contributed by atoms with E-state index in [1.54, 1.807) is 42.4 Å². The molecule has 5 N–H and O–H groups in total. The van der Waals surface area contributed by atoms with Gasteiger partial charge in [0.1, 0.15) is 5.60 Å². The molecule has 0 aromatic carbocycles. The SMILES string of the molecule is CN(C)CC(=O)NCCSSCCNC(=O)C(N)CCCNC(=O)OC(C)(C)C. The summed E-state index contributed by atoms with van der Waals surface area (Å²) in [5, 5.41) is 8.30. The van der Waals surface area contributed by atoms with Crippen LogP contribution in [0.5, 0.6) is 0 Å². The third-order valence-electron chi connectivity index (χ3n) is 3.23. The van der Waals surface area contributed by atoms with E-state index in [0.29, 0.717) is 39.0 Å². The van der Waals surface area contributed by atoms with Gasteiger partial charge in [0, 0.05) is 31.1 Å². The number of hydrogen-bond donors (Lipinski definition) is 4. The minimum Gasteiger partial charge on any atom is -0.444 e. The maximum Gasteiger partial charge on any atom is 0.407 e. The molecule has 29 heavy (non-hydrogen) atoms. The van der Waals surface area contributed by atoms with Crippen molar-refractivity contribution in [3.63, 3.8) is 0 Å². The number of nitrogens with zero attached hydrogens (tertiary/aromatic N) is 1. The van der Waals surface area contributed by atoms with Crippen molar-refractivity contribution in [3.8, 4) is 0 Å². The van der Waals surface area contributed by atoms with Gasteiger partial charge in [-0.1, -0.05) is 21.6 Å². The zero-order chi connectivity index (χ0) is 22.3. The molecule has 0 aliphatic rings. The van der Waals surface area contributed by atoms with E-state index in [1.807, 2.05) is 19.0 Å². The number of likely N-dealkylation sites (N-methyl/N-ethyl adjacent to an activating group) is 1. The summed E-state index contributed by atoms with van der Waals surface area (Å²) in [5.74, 6) is 1.39. The van der Waals surface area contributed by atoms with Gasteiger partial charge in [-0.05, 0) is 47.7 Å². The molecule has 0 aliphatic carbocycles. The van der Waals surface area contributed by atoms with E-state index < -0.39 is 17.7 Å². The van der Waals surface area contributed by atoms with Crippen LogP contribution in [0, 0.1) is 0 Å². The van der Waals surface area contributed by atoms with Crippen molar-refractivity contribution in [2.75, 3.05) is 51.8 Å². The van der Waals surface area contributed by atoms with Crippen LogP contribution in [-0.2, 0) is 14.3 Å². The standard InChI is InChI=1S/C18H37N5O4S2/c1-18(2,3)27-17(26)22-8-6-7-14(19)16(25)21-10-12-29-28-11-9-20-15(24)13-23(4)5/h14H,6-13,19H2,1-5H3,(H,20,24)(H,21,25)(H,22,26). The lowest BCUT2D eigenvalue weighted by molar-refractivity contribution is -0.122. The second kappa shape index (κ2) is 15.6. The Kier molecular flexibility index (Phi) is 15.0. The highest BCUT2D eigenvalue weighted by Crippen LogP contribution is 2.19. The summed E-state index contributed by atoms with van der Waals surface area (Å²) in [4.78, 5) is 36.7. The summed E-state index contributed by atoms with van der Waals surface area (Å²) in [6.07, 6.45) is 0.607. The van der Waals surface area contributed by atoms with Crippen LogP contribution in [0.25, 0.3) is 0 Å². The lowest BCUT2D eigenvalue weighted by Gasteiger charge is -2.19. The Morgan fingerprint density at radius 1 is 1.00 bits per heavy atom. The minimum atomic E-state index is -0.597. The van der Waals surface area contributed by atoms with Crippen LogP contribution in [0.1, 0.15) is 33.6 Å². The van der Waals surface area contributed by atoms with E-state index in [-0.39, 0.29) is 11.8 Å². The van der Waals surface area contributed by atoms with Crippen molar-refractivity contribution >= 4 is 39.5 Å². The van der Waals surface area contributed by atoms with E-state index in [9.17, 15) is 14.4 Å². The predicted molar refractivity (Wildman–Crippen MR) is 121 cm³/mol. The summed E-state index contributed by atoms with van der Waals surface area (Å²) in [6, 6.07) is -0.597. The van der Waals surface area contributed by atoms with Gasteiger partial charge < -0.3 is 31.3 Å². The molecule has 0 aromatic heterocycles. The number of ether oxygens (including phenoxy) is 1. The van der Waals surface area contributed by atoms with Crippen LogP contribution >= 0.6 is 21.6 Å². The van der Waals surface area contributed by atoms with E-state index >= 15 is 0 Å². The Labute approximate surface area is 182 Å². The van der Waals surface area contributed by atoms with Gasteiger partial charge in [-0.2, -0.15) is 0 Å². The van der Waals surface area contributed by atoms with Gasteiger partial charge in [0.2, 0.25) is 11.8 Å². The van der Waals surface area contributed by atoms with Crippen molar-refractivity contribution in [1.82, 2.24) is 20.9 Å². The van der Waals surface area contributed by atoms with Gasteiger partial charge in [0.25, 0.3) is 0 Å². The highest BCUT2D eigenvalue weighted by molar-refractivity contribution is 8.76. The van der Waals surface area contributed by atoms with Crippen LogP contribution < -0.4 is 21.7 Å². The number of rotatable bonds is 14. The molecular weight excluding hydrogens is 414 g/mol. The van der Waals surface area contributed by atoms with Crippen LogP contribution in [0.15, 0.2) is 0 Å². The molecule has 0 fully saturated rings. The fourth-order valence-electron chi connectivity index (χ4n) is 2.00. The fourth-order valence-corrected chi connectivity index (χ4v) is 3.81. The topological polar surface area (TPSA) is 126 Å². The van der Waals surface area contributed by atoms with Gasteiger partial charge in [-0.15, -0.1) is 0 Å². The maximum atomic E-state index is 11.9. The Hall–Kier alpha value is -1.17. The van der Waals surface area contributed by atoms with Crippen LogP contribution in [0.4, 0.5) is 4.79 Å². The number of amides is 3. The Morgan fingerprint density at radius 2 is 1.59 bits per heavy atom. The van der Waals surface area contributed by atoms with Gasteiger partial charge in [0.05, 0.1) is 12.6 Å². The molecule has 0 radical (unpaired) electrons. The quantitative estimate of drug-likeness (QED) is 0.226. The summed E-state index contributed by atoms with van der Waals surface area (Å²) in [7, 11) is 7.00. The van der Waals surface area contributed by atoms with E-state index in [4.69, 9.17) is 10.5 Å². The molecule has 0 saturated heterocycles. The lowest BCUT2D eigenvalue weighted by atomic mass is 10.1. The highest BCUT2D eigenvalue weighted by Gasteiger charge is 2.16. The summed E-state index contributed by atoms with van der Waals surface area (Å²) < 4.78 is 5.13. The Bertz CT molecular complexity index is 501. The first-order chi connectivity index (χ1) is 13.5. The average molecular weight is 452 g/mol. The molecule has 0 aromatic rings. The number of carbonyl (C=O) groups is 3. The van der Waals surface area contributed by atoms with Gasteiger partial charge >= 0.3 is 6.09 Å². The average Bonchev–Trinajstić information content (AvgIpc) is 2.58. The van der Waals surface area contributed by atoms with Gasteiger partial charge in [0.15, 0.2) is 0 Å². The van der Waals surface area contributed by atoms with Gasteiger partial charge in [-0.25, -0.2) is 4.79 Å². The van der Waals surface area contributed by atoms with Crippen molar-refractivity contribution in [2.45, 2.75) is 45.3 Å². The lowest BCUT2D eigenvalue weighted by Crippen LogP contribution is -2.42. The molecule has 0 heterocycles. The molecule has 3 amide bonds. The number of carbonyl (C=O) groups excluding carboxylic acids is 3. The Balaban J connectivity index is 3.60. The normalized spacial score (nSPS) is 12.4. The fraction of sp³-hybridized carbons (Fsp3) is 0.833. The predicted octanol–water partition coefficient (Wildman–Crippen LogP) is 0.794. The summed E-state index contributed by atoms with van der Waals surface area (Å²) >= 11 is 0. The molecule has 9 nitrogen and oxygen atoms in total. The molecule has 0 rings (SSSR count). The zero-order valence-corrected chi connectivity index (χ0v) is 19.8. The molecule has 0 saturated carbocycles. The number of nitrogens with two attached hydrogens (primary N) is 1. The number of nitrogens with one attached hydrogen (secondary N) is 3. The van der Waals surface area contributed by atoms with Crippen molar-refractivity contribution in [2.24, 2.45) is 5.73 Å². The molecule has 0 aliphatic heterocycles.